The number of Topliss-reactive ketones (excluding diaryl/α,β-unsaturated/α-hetero) is 1. The summed E-state index contributed by atoms with van der Waals surface area (Å²) in [4.78, 5) is 26.6. The van der Waals surface area contributed by atoms with Crippen LogP contribution < -0.4 is 4.72 Å². The molecule has 2 heterocycles. The second kappa shape index (κ2) is 9.70. The van der Waals surface area contributed by atoms with Crippen LogP contribution in [0.3, 0.4) is 0 Å². The molecule has 1 N–H and O–H groups in total. The van der Waals surface area contributed by atoms with Gasteiger partial charge in [0.1, 0.15) is 21.5 Å². The third-order valence-corrected chi connectivity index (χ3v) is 8.80. The monoisotopic (exact) mass is 558 g/mol. The molecule has 0 unspecified atom stereocenters. The van der Waals surface area contributed by atoms with Crippen LogP contribution in [0.1, 0.15) is 28.0 Å². The maximum atomic E-state index is 14.7. The molecule has 4 aromatic rings. The Balaban J connectivity index is 1.78. The third-order valence-electron chi connectivity index (χ3n) is 5.84. The molecule has 0 aliphatic heterocycles. The Labute approximate surface area is 219 Å². The van der Waals surface area contributed by atoms with Crippen molar-refractivity contribution < 1.29 is 26.8 Å². The fourth-order valence-corrected chi connectivity index (χ4v) is 6.35. The van der Waals surface area contributed by atoms with Gasteiger partial charge >= 0.3 is 0 Å². The van der Waals surface area contributed by atoms with Crippen molar-refractivity contribution in [3.8, 4) is 0 Å². The number of carbonyl (C=O) groups excluding carboxylic acids is 2. The van der Waals surface area contributed by atoms with Gasteiger partial charge in [0.05, 0.1) is 6.54 Å². The highest BCUT2D eigenvalue weighted by molar-refractivity contribution is 7.92. The molecule has 37 heavy (non-hydrogen) atoms. The number of amides is 1. The number of rotatable bonds is 6. The zero-order chi connectivity index (χ0) is 26.3. The van der Waals surface area contributed by atoms with E-state index >= 15 is 0 Å². The standard InChI is InChI=1S/C26H17ClF2N2O4S2/c27-16-7-10-21-19(13-16)24(18-4-1-2-5-22(18)32)25(26(33)30-37(34,35)23-6-3-11-36-23)31(21)14-15-12-17(28)8-9-20(15)29/h1-4,6-13H,5,14H2,(H,30,33). The number of benzene rings is 2. The minimum absolute atomic E-state index is 0.0718. The number of thiophene rings is 1. The van der Waals surface area contributed by atoms with Crippen molar-refractivity contribution in [2.45, 2.75) is 17.2 Å². The highest BCUT2D eigenvalue weighted by atomic mass is 35.5. The molecule has 188 valence electrons. The Kier molecular flexibility index (Phi) is 6.57. The molecule has 1 aliphatic carbocycles. The van der Waals surface area contributed by atoms with Gasteiger partial charge in [-0.15, -0.1) is 11.3 Å². The second-order valence-electron chi connectivity index (χ2n) is 8.21. The van der Waals surface area contributed by atoms with E-state index in [0.717, 1.165) is 29.5 Å². The van der Waals surface area contributed by atoms with Gasteiger partial charge in [0, 0.05) is 39.0 Å². The van der Waals surface area contributed by atoms with Crippen LogP contribution in [-0.2, 0) is 21.4 Å². The second-order valence-corrected chi connectivity index (χ2v) is 11.5. The number of nitrogens with one attached hydrogen (secondary N) is 1. The van der Waals surface area contributed by atoms with Crippen LogP contribution in [0.4, 0.5) is 8.78 Å². The highest BCUT2D eigenvalue weighted by Gasteiger charge is 2.31. The largest absolute Gasteiger partial charge is 0.331 e. The van der Waals surface area contributed by atoms with Crippen LogP contribution in [0, 0.1) is 11.6 Å². The zero-order valence-corrected chi connectivity index (χ0v) is 21.3. The molecule has 0 bridgehead atoms. The molecule has 0 fully saturated rings. The van der Waals surface area contributed by atoms with Gasteiger partial charge in [-0.25, -0.2) is 21.9 Å². The summed E-state index contributed by atoms with van der Waals surface area (Å²) in [6.45, 7) is -0.319. The van der Waals surface area contributed by atoms with Crippen LogP contribution in [0.25, 0.3) is 16.5 Å². The van der Waals surface area contributed by atoms with Crippen molar-refractivity contribution in [2.24, 2.45) is 0 Å². The van der Waals surface area contributed by atoms with Crippen LogP contribution in [0.2, 0.25) is 5.02 Å². The lowest BCUT2D eigenvalue weighted by molar-refractivity contribution is -0.113. The fraction of sp³-hybridized carbons (Fsp3) is 0.0769. The van der Waals surface area contributed by atoms with E-state index in [1.165, 1.54) is 22.8 Å². The van der Waals surface area contributed by atoms with E-state index in [4.69, 9.17) is 11.6 Å². The van der Waals surface area contributed by atoms with Crippen molar-refractivity contribution in [1.29, 1.82) is 0 Å². The summed E-state index contributed by atoms with van der Waals surface area (Å²) in [6, 6.07) is 10.5. The molecule has 11 heteroatoms. The fourth-order valence-electron chi connectivity index (χ4n) is 4.24. The lowest BCUT2D eigenvalue weighted by atomic mass is 9.93. The molecular formula is C26H17ClF2N2O4S2. The van der Waals surface area contributed by atoms with Crippen LogP contribution in [-0.4, -0.2) is 24.7 Å². The Bertz CT molecular complexity index is 1740. The minimum atomic E-state index is -4.25. The maximum Gasteiger partial charge on any atom is 0.282 e. The molecule has 2 aromatic heterocycles. The van der Waals surface area contributed by atoms with E-state index in [-0.39, 0.29) is 45.4 Å². The average molecular weight is 559 g/mol. The lowest BCUT2D eigenvalue weighted by Crippen LogP contribution is -2.32. The first-order chi connectivity index (χ1) is 17.7. The molecule has 0 saturated heterocycles. The average Bonchev–Trinajstić information content (AvgIpc) is 3.49. The topological polar surface area (TPSA) is 85.2 Å². The van der Waals surface area contributed by atoms with Crippen molar-refractivity contribution in [3.63, 3.8) is 0 Å². The van der Waals surface area contributed by atoms with Gasteiger partial charge in [-0.1, -0.05) is 35.9 Å². The van der Waals surface area contributed by atoms with Gasteiger partial charge in [0.15, 0.2) is 5.78 Å². The van der Waals surface area contributed by atoms with Crippen LogP contribution >= 0.6 is 22.9 Å². The van der Waals surface area contributed by atoms with Crippen molar-refractivity contribution in [1.82, 2.24) is 9.29 Å². The van der Waals surface area contributed by atoms with Gasteiger partial charge in [0.25, 0.3) is 15.9 Å². The first-order valence-corrected chi connectivity index (χ1v) is 13.7. The van der Waals surface area contributed by atoms with E-state index in [0.29, 0.717) is 15.9 Å². The molecule has 0 atom stereocenters. The number of hydrogen-bond donors (Lipinski definition) is 1. The number of hydrogen-bond acceptors (Lipinski definition) is 5. The zero-order valence-electron chi connectivity index (χ0n) is 18.9. The van der Waals surface area contributed by atoms with Crippen molar-refractivity contribution in [3.05, 3.63) is 106 Å². The van der Waals surface area contributed by atoms with E-state index in [1.807, 2.05) is 0 Å². The predicted octanol–water partition coefficient (Wildman–Crippen LogP) is 5.71. The number of halogens is 3. The summed E-state index contributed by atoms with van der Waals surface area (Å²) < 4.78 is 57.8. The smallest absolute Gasteiger partial charge is 0.282 e. The van der Waals surface area contributed by atoms with E-state index in [1.54, 1.807) is 35.7 Å². The van der Waals surface area contributed by atoms with Gasteiger partial charge in [-0.3, -0.25) is 9.59 Å². The summed E-state index contributed by atoms with van der Waals surface area (Å²) in [5.74, 6) is -2.73. The highest BCUT2D eigenvalue weighted by Crippen LogP contribution is 2.36. The Morgan fingerprint density at radius 3 is 2.68 bits per heavy atom. The quantitative estimate of drug-likeness (QED) is 0.328. The van der Waals surface area contributed by atoms with E-state index in [9.17, 15) is 26.8 Å². The Morgan fingerprint density at radius 1 is 1.14 bits per heavy atom. The van der Waals surface area contributed by atoms with Crippen molar-refractivity contribution >= 4 is 61.1 Å². The van der Waals surface area contributed by atoms with Crippen LogP contribution in [0.5, 0.6) is 0 Å². The summed E-state index contributed by atoms with van der Waals surface area (Å²) in [6.07, 6.45) is 4.91. The molecule has 6 nitrogen and oxygen atoms in total. The number of fused-ring (bicyclic) bond motifs is 1. The number of nitrogens with zero attached hydrogens (tertiary/aromatic N) is 1. The van der Waals surface area contributed by atoms with Gasteiger partial charge in [-0.05, 0) is 47.8 Å². The first-order valence-electron chi connectivity index (χ1n) is 10.9. The van der Waals surface area contributed by atoms with Gasteiger partial charge < -0.3 is 4.57 Å². The minimum Gasteiger partial charge on any atom is -0.331 e. The third kappa shape index (κ3) is 4.75. The maximum absolute atomic E-state index is 14.7. The summed E-state index contributed by atoms with van der Waals surface area (Å²) >= 11 is 7.18. The Morgan fingerprint density at radius 2 is 1.95 bits per heavy atom. The molecule has 0 saturated carbocycles. The normalized spacial score (nSPS) is 13.7. The lowest BCUT2D eigenvalue weighted by Gasteiger charge is -2.15. The van der Waals surface area contributed by atoms with E-state index in [2.05, 4.69) is 4.72 Å². The molecule has 1 amide bonds. The molecule has 5 rings (SSSR count). The number of ketones is 1. The SMILES string of the molecule is O=C1CC=CC=C1c1c(C(=O)NS(=O)(=O)c2cccs2)n(Cc2cc(F)ccc2F)c2ccc(Cl)cc12. The molecule has 2 aromatic carbocycles. The first kappa shape index (κ1) is 25.1. The van der Waals surface area contributed by atoms with Crippen molar-refractivity contribution in [2.75, 3.05) is 0 Å². The number of aromatic nitrogens is 1. The van der Waals surface area contributed by atoms with Crippen LogP contribution in [0.15, 0.2) is 76.3 Å². The van der Waals surface area contributed by atoms with Gasteiger partial charge in [-0.2, -0.15) is 0 Å². The number of carbonyl (C=O) groups is 2. The predicted molar refractivity (Wildman–Crippen MR) is 138 cm³/mol. The number of allylic oxidation sites excluding steroid dienone is 4. The number of sulfonamides is 1. The van der Waals surface area contributed by atoms with E-state index < -0.39 is 27.6 Å². The molecule has 0 spiro atoms. The summed E-state index contributed by atoms with van der Waals surface area (Å²) in [5.41, 5.74) is 0.438. The summed E-state index contributed by atoms with van der Waals surface area (Å²) in [7, 11) is -4.25. The molecule has 1 aliphatic rings. The van der Waals surface area contributed by atoms with Gasteiger partial charge in [0.2, 0.25) is 0 Å². The summed E-state index contributed by atoms with van der Waals surface area (Å²) in [5, 5.41) is 2.24. The Hall–Kier alpha value is -3.60. The molecule has 0 radical (unpaired) electrons. The molecular weight excluding hydrogens is 542 g/mol.